The summed E-state index contributed by atoms with van der Waals surface area (Å²) in [5.74, 6) is 0. The number of H-pyrrole nitrogens is 1. The Hall–Kier alpha value is -2.80. The van der Waals surface area contributed by atoms with Gasteiger partial charge in [0.2, 0.25) is 5.55 Å². The molecule has 0 fully saturated rings. The highest BCUT2D eigenvalue weighted by Gasteiger charge is 2.05. The summed E-state index contributed by atoms with van der Waals surface area (Å²) in [6.45, 7) is 0. The molecule has 0 saturated heterocycles. The highest BCUT2D eigenvalue weighted by Crippen LogP contribution is 1.98. The van der Waals surface area contributed by atoms with Crippen LogP contribution in [0.4, 0.5) is 0 Å². The lowest BCUT2D eigenvalue weighted by molar-refractivity contribution is 0.484. The molecule has 7 heteroatoms. The molecule has 3 heterocycles. The van der Waals surface area contributed by atoms with E-state index in [0.717, 1.165) is 10.6 Å². The van der Waals surface area contributed by atoms with Crippen LogP contribution in [-0.4, -0.2) is 14.6 Å². The first-order valence-electron chi connectivity index (χ1n) is 6.17. The third-order valence-electron chi connectivity index (χ3n) is 3.03. The van der Waals surface area contributed by atoms with Gasteiger partial charge in [-0.3, -0.25) is 0 Å². The molecule has 0 spiro atoms. The van der Waals surface area contributed by atoms with E-state index in [0.29, 0.717) is 22.3 Å². The highest BCUT2D eigenvalue weighted by molar-refractivity contribution is 7.03. The lowest BCUT2D eigenvalue weighted by atomic mass is 10.3. The Balaban J connectivity index is 1.95. The van der Waals surface area contributed by atoms with E-state index in [1.165, 1.54) is 11.5 Å². The van der Waals surface area contributed by atoms with Crippen molar-refractivity contribution in [2.75, 3.05) is 0 Å². The molecule has 1 aliphatic rings. The maximum atomic E-state index is 11.9. The summed E-state index contributed by atoms with van der Waals surface area (Å²) < 4.78 is 8.97. The fourth-order valence-corrected chi connectivity index (χ4v) is 2.49. The first kappa shape index (κ1) is 12.0. The van der Waals surface area contributed by atoms with Crippen LogP contribution in [0.2, 0.25) is 0 Å². The van der Waals surface area contributed by atoms with Gasteiger partial charge in [-0.05, 0) is 29.8 Å². The number of hydrogen-bond acceptors (Lipinski definition) is 6. The van der Waals surface area contributed by atoms with Crippen molar-refractivity contribution < 1.29 is 4.42 Å². The maximum absolute atomic E-state index is 11.9. The molecular weight excluding hydrogens is 288 g/mol. The number of hydrogen-bond donors (Lipinski definition) is 1. The van der Waals surface area contributed by atoms with Gasteiger partial charge in [-0.15, -0.1) is 5.10 Å². The zero-order valence-corrected chi connectivity index (χ0v) is 11.4. The van der Waals surface area contributed by atoms with Crippen LogP contribution >= 0.6 is 11.5 Å². The largest absolute Gasteiger partial charge is 0.402 e. The predicted molar refractivity (Wildman–Crippen MR) is 77.2 cm³/mol. The van der Waals surface area contributed by atoms with Gasteiger partial charge >= 0.3 is 5.63 Å². The molecule has 1 N–H and O–H groups in total. The summed E-state index contributed by atoms with van der Waals surface area (Å²) >= 11 is 1.22. The number of benzene rings is 1. The van der Waals surface area contributed by atoms with Gasteiger partial charge in [-0.25, -0.2) is 9.79 Å². The molecule has 2 aromatic heterocycles. The van der Waals surface area contributed by atoms with Crippen LogP contribution in [0.5, 0.6) is 0 Å². The molecule has 0 bridgehead atoms. The average Bonchev–Trinajstić information content (AvgIpc) is 3.19. The van der Waals surface area contributed by atoms with Crippen molar-refractivity contribution in [3.8, 4) is 0 Å². The SMILES string of the molecule is O=c1oc(=C2C=c3ccccc3=N2)[nH]/c1=C\c1csnn1. The van der Waals surface area contributed by atoms with Crippen molar-refractivity contribution in [1.82, 2.24) is 14.6 Å². The quantitative estimate of drug-likeness (QED) is 0.616. The van der Waals surface area contributed by atoms with Gasteiger partial charge in [-0.1, -0.05) is 22.7 Å². The van der Waals surface area contributed by atoms with Crippen molar-refractivity contribution >= 4 is 29.4 Å². The molecule has 0 aliphatic carbocycles. The van der Waals surface area contributed by atoms with Crippen molar-refractivity contribution in [2.45, 2.75) is 0 Å². The number of nitrogens with one attached hydrogen (secondary N) is 1. The molecule has 0 amide bonds. The fourth-order valence-electron chi connectivity index (χ4n) is 2.08. The Labute approximate surface area is 121 Å². The van der Waals surface area contributed by atoms with E-state index in [2.05, 4.69) is 19.6 Å². The normalized spacial score (nSPS) is 16.5. The lowest BCUT2D eigenvalue weighted by Gasteiger charge is -1.82. The zero-order chi connectivity index (χ0) is 14.2. The van der Waals surface area contributed by atoms with E-state index < -0.39 is 5.63 Å². The van der Waals surface area contributed by atoms with Gasteiger partial charge in [0.1, 0.15) is 16.7 Å². The van der Waals surface area contributed by atoms with Crippen LogP contribution in [0.15, 0.2) is 43.8 Å². The van der Waals surface area contributed by atoms with E-state index in [1.54, 1.807) is 11.5 Å². The second-order valence-electron chi connectivity index (χ2n) is 4.43. The predicted octanol–water partition coefficient (Wildman–Crippen LogP) is -1.13. The van der Waals surface area contributed by atoms with E-state index >= 15 is 0 Å². The Bertz CT molecular complexity index is 1070. The first-order chi connectivity index (χ1) is 10.3. The Morgan fingerprint density at radius 3 is 3.00 bits per heavy atom. The molecule has 6 nitrogen and oxygen atoms in total. The molecule has 0 unspecified atom stereocenters. The second-order valence-corrected chi connectivity index (χ2v) is 5.04. The molecule has 21 heavy (non-hydrogen) atoms. The van der Waals surface area contributed by atoms with Gasteiger partial charge < -0.3 is 9.40 Å². The summed E-state index contributed by atoms with van der Waals surface area (Å²) in [6.07, 6.45) is 3.47. The minimum atomic E-state index is -0.454. The van der Waals surface area contributed by atoms with Crippen molar-refractivity contribution in [1.29, 1.82) is 0 Å². The minimum Gasteiger partial charge on any atom is -0.402 e. The summed E-state index contributed by atoms with van der Waals surface area (Å²) in [5.41, 5.74) is 1.10. The van der Waals surface area contributed by atoms with Gasteiger partial charge in [0, 0.05) is 10.6 Å². The summed E-state index contributed by atoms with van der Waals surface area (Å²) in [5, 5.41) is 7.79. The Morgan fingerprint density at radius 2 is 2.19 bits per heavy atom. The van der Waals surface area contributed by atoms with E-state index in [9.17, 15) is 4.79 Å². The van der Waals surface area contributed by atoms with Gasteiger partial charge in [0.25, 0.3) is 0 Å². The number of rotatable bonds is 1. The Morgan fingerprint density at radius 1 is 1.29 bits per heavy atom. The summed E-state index contributed by atoms with van der Waals surface area (Å²) in [6, 6.07) is 7.72. The highest BCUT2D eigenvalue weighted by atomic mass is 32.1. The van der Waals surface area contributed by atoms with Crippen LogP contribution in [0.3, 0.4) is 0 Å². The number of aromatic nitrogens is 3. The van der Waals surface area contributed by atoms with E-state index in [4.69, 9.17) is 4.42 Å². The molecule has 3 aromatic rings. The van der Waals surface area contributed by atoms with Crippen molar-refractivity contribution in [3.63, 3.8) is 0 Å². The summed E-state index contributed by atoms with van der Waals surface area (Å²) in [7, 11) is 0. The number of nitrogens with zero attached hydrogens (tertiary/aromatic N) is 3. The van der Waals surface area contributed by atoms with Crippen LogP contribution < -0.4 is 27.1 Å². The van der Waals surface area contributed by atoms with Gasteiger partial charge in [0.05, 0.1) is 5.36 Å². The molecular formula is C14H8N4O2S. The maximum Gasteiger partial charge on any atom is 0.361 e. The Kier molecular flexibility index (Phi) is 2.65. The number of oxazole rings is 1. The molecule has 1 aromatic carbocycles. The topological polar surface area (TPSA) is 84.1 Å². The van der Waals surface area contributed by atoms with Crippen LogP contribution in [0, 0.1) is 0 Å². The molecule has 4 rings (SSSR count). The van der Waals surface area contributed by atoms with Gasteiger partial charge in [-0.2, -0.15) is 0 Å². The number of para-hydroxylation sites is 1. The standard InChI is InChI=1S/C14H8N4O2S/c19-14-12(6-9-7-21-18-17-9)16-13(20-14)11-5-8-3-1-2-4-10(8)15-11/h1-7,16H/b12-6-,13-11?. The minimum absolute atomic E-state index is 0.324. The van der Waals surface area contributed by atoms with Crippen LogP contribution in [0.1, 0.15) is 5.69 Å². The summed E-state index contributed by atoms with van der Waals surface area (Å²) in [4.78, 5) is 19.2. The number of aromatic amines is 1. The zero-order valence-electron chi connectivity index (χ0n) is 10.6. The first-order valence-corrected chi connectivity index (χ1v) is 7.01. The van der Waals surface area contributed by atoms with Crippen molar-refractivity contribution in [3.05, 3.63) is 67.2 Å². The number of fused-ring (bicyclic) bond motifs is 1. The molecule has 0 atom stereocenters. The van der Waals surface area contributed by atoms with Crippen molar-refractivity contribution in [2.24, 2.45) is 4.99 Å². The molecule has 1 aliphatic heterocycles. The third kappa shape index (κ3) is 2.13. The smallest absolute Gasteiger partial charge is 0.361 e. The van der Waals surface area contributed by atoms with Crippen LogP contribution in [-0.2, 0) is 0 Å². The molecule has 0 radical (unpaired) electrons. The van der Waals surface area contributed by atoms with E-state index in [1.807, 2.05) is 30.3 Å². The fraction of sp³-hybridized carbons (Fsp3) is 0. The van der Waals surface area contributed by atoms with Gasteiger partial charge in [0.15, 0.2) is 0 Å². The second kappa shape index (κ2) is 4.64. The molecule has 0 saturated carbocycles. The molecule has 102 valence electrons. The lowest BCUT2D eigenvalue weighted by Crippen LogP contribution is -2.21. The third-order valence-corrected chi connectivity index (χ3v) is 3.56. The van der Waals surface area contributed by atoms with Crippen LogP contribution in [0.25, 0.3) is 17.8 Å². The van der Waals surface area contributed by atoms with E-state index in [-0.39, 0.29) is 0 Å². The monoisotopic (exact) mass is 296 g/mol. The average molecular weight is 296 g/mol.